The first-order valence-electron chi connectivity index (χ1n) is 5.89. The largest absolute Gasteiger partial charge is 0.432 e. The third kappa shape index (κ3) is 3.61. The molecule has 0 bridgehead atoms. The Hall–Kier alpha value is -2.78. The van der Waals surface area contributed by atoms with Crippen LogP contribution in [0.1, 0.15) is 5.82 Å². The summed E-state index contributed by atoms with van der Waals surface area (Å²) in [6, 6.07) is 7.42. The van der Waals surface area contributed by atoms with Crippen molar-refractivity contribution in [1.82, 2.24) is 9.97 Å². The molecule has 0 saturated heterocycles. The number of benzene rings is 1. The van der Waals surface area contributed by atoms with E-state index < -0.39 is 4.92 Å². The number of hydrogen-bond donors (Lipinski definition) is 2. The number of rotatable bonds is 6. The number of ether oxygens (including phenoxy) is 2. The van der Waals surface area contributed by atoms with Gasteiger partial charge in [0.05, 0.1) is 4.92 Å². The second-order valence-electron chi connectivity index (χ2n) is 3.91. The predicted octanol–water partition coefficient (Wildman–Crippen LogP) is 1.61. The maximum atomic E-state index is 10.9. The Kier molecular flexibility index (Phi) is 4.59. The first-order chi connectivity index (χ1) is 10.1. The van der Waals surface area contributed by atoms with Crippen molar-refractivity contribution in [3.05, 3.63) is 46.3 Å². The molecule has 3 N–H and O–H groups in total. The highest BCUT2D eigenvalue weighted by Crippen LogP contribution is 2.30. The lowest BCUT2D eigenvalue weighted by Gasteiger charge is -2.08. The van der Waals surface area contributed by atoms with Crippen LogP contribution in [0.25, 0.3) is 0 Å². The van der Waals surface area contributed by atoms with Crippen LogP contribution in [-0.2, 0) is 11.3 Å². The highest BCUT2D eigenvalue weighted by Gasteiger charge is 2.16. The molecule has 1 aromatic carbocycles. The Labute approximate surface area is 119 Å². The number of para-hydroxylation sites is 2. The number of nitrogen functional groups attached to an aromatic ring is 1. The molecule has 2 rings (SSSR count). The average molecular weight is 291 g/mol. The van der Waals surface area contributed by atoms with E-state index in [1.807, 2.05) is 0 Å². The number of nitro groups is 1. The highest BCUT2D eigenvalue weighted by molar-refractivity contribution is 5.48. The second-order valence-corrected chi connectivity index (χ2v) is 3.91. The van der Waals surface area contributed by atoms with Crippen molar-refractivity contribution >= 4 is 11.5 Å². The van der Waals surface area contributed by atoms with Crippen LogP contribution < -0.4 is 16.0 Å². The third-order valence-corrected chi connectivity index (χ3v) is 2.45. The molecule has 0 unspecified atom stereocenters. The zero-order valence-electron chi connectivity index (χ0n) is 11.1. The molecule has 21 heavy (non-hydrogen) atoms. The summed E-state index contributed by atoms with van der Waals surface area (Å²) in [6.07, 6.45) is 0. The molecular weight excluding hydrogens is 278 g/mol. The first kappa shape index (κ1) is 14.6. The fraction of sp³-hybridized carbons (Fsp3) is 0.167. The van der Waals surface area contributed by atoms with Crippen molar-refractivity contribution in [3.8, 4) is 11.6 Å². The number of nitrogens with one attached hydrogen (secondary N) is 1. The molecule has 0 aliphatic carbocycles. The van der Waals surface area contributed by atoms with E-state index in [0.717, 1.165) is 0 Å². The monoisotopic (exact) mass is 291 g/mol. The highest BCUT2D eigenvalue weighted by atomic mass is 16.6. The maximum absolute atomic E-state index is 10.9. The number of nitrogens with two attached hydrogens (primary N) is 1. The minimum atomic E-state index is -0.533. The normalized spacial score (nSPS) is 10.2. The SMILES string of the molecule is COCc1nc(NN)cc(Oc2ccccc2[N+](=O)[O-])n1. The fourth-order valence-electron chi connectivity index (χ4n) is 1.60. The molecule has 0 radical (unpaired) electrons. The van der Waals surface area contributed by atoms with Crippen LogP contribution >= 0.6 is 0 Å². The molecule has 0 fully saturated rings. The van der Waals surface area contributed by atoms with Crippen molar-refractivity contribution in [1.29, 1.82) is 0 Å². The summed E-state index contributed by atoms with van der Waals surface area (Å²) in [5.41, 5.74) is 2.21. The lowest BCUT2D eigenvalue weighted by atomic mass is 10.3. The summed E-state index contributed by atoms with van der Waals surface area (Å²) in [6.45, 7) is 0.156. The van der Waals surface area contributed by atoms with Gasteiger partial charge in [-0.2, -0.15) is 4.98 Å². The molecule has 1 aromatic heterocycles. The summed E-state index contributed by atoms with van der Waals surface area (Å²) in [5, 5.41) is 10.9. The molecule has 0 aliphatic rings. The van der Waals surface area contributed by atoms with Crippen LogP contribution in [0.3, 0.4) is 0 Å². The van der Waals surface area contributed by atoms with Gasteiger partial charge in [0.15, 0.2) is 5.82 Å². The number of methoxy groups -OCH3 is 1. The van der Waals surface area contributed by atoms with E-state index in [2.05, 4.69) is 15.4 Å². The van der Waals surface area contributed by atoms with Gasteiger partial charge in [-0.3, -0.25) is 10.1 Å². The Bertz CT molecular complexity index is 649. The Balaban J connectivity index is 2.35. The molecule has 0 amide bonds. The quantitative estimate of drug-likeness (QED) is 0.467. The Morgan fingerprint density at radius 1 is 1.38 bits per heavy atom. The smallest absolute Gasteiger partial charge is 0.311 e. The summed E-state index contributed by atoms with van der Waals surface area (Å²) in [5.74, 6) is 6.16. The molecule has 0 spiro atoms. The van der Waals surface area contributed by atoms with E-state index in [1.165, 1.54) is 25.3 Å². The van der Waals surface area contributed by atoms with Gasteiger partial charge in [-0.05, 0) is 6.07 Å². The molecule has 0 saturated carbocycles. The van der Waals surface area contributed by atoms with E-state index in [-0.39, 0.29) is 23.9 Å². The number of aromatic nitrogens is 2. The van der Waals surface area contributed by atoms with E-state index in [1.54, 1.807) is 12.1 Å². The second kappa shape index (κ2) is 6.59. The van der Waals surface area contributed by atoms with Crippen molar-refractivity contribution in [2.45, 2.75) is 6.61 Å². The van der Waals surface area contributed by atoms with Gasteiger partial charge in [-0.15, -0.1) is 0 Å². The maximum Gasteiger partial charge on any atom is 0.311 e. The summed E-state index contributed by atoms with van der Waals surface area (Å²) in [7, 11) is 1.49. The topological polar surface area (TPSA) is 125 Å². The van der Waals surface area contributed by atoms with Crippen LogP contribution in [-0.4, -0.2) is 22.0 Å². The molecule has 1 heterocycles. The zero-order chi connectivity index (χ0) is 15.2. The van der Waals surface area contributed by atoms with Gasteiger partial charge in [0, 0.05) is 19.2 Å². The van der Waals surface area contributed by atoms with E-state index in [4.69, 9.17) is 15.3 Å². The van der Waals surface area contributed by atoms with Gasteiger partial charge in [0.1, 0.15) is 12.4 Å². The van der Waals surface area contributed by atoms with Gasteiger partial charge in [-0.25, -0.2) is 10.8 Å². The Morgan fingerprint density at radius 3 is 2.81 bits per heavy atom. The standard InChI is InChI=1S/C12H13N5O4/c1-20-7-11-14-10(16-13)6-12(15-11)21-9-5-3-2-4-8(9)17(18)19/h2-6H,7,13H2,1H3,(H,14,15,16). The van der Waals surface area contributed by atoms with Crippen molar-refractivity contribution in [2.75, 3.05) is 12.5 Å². The number of nitrogens with zero attached hydrogens (tertiary/aromatic N) is 3. The molecule has 0 atom stereocenters. The number of nitro benzene ring substituents is 1. The number of hydrazine groups is 1. The molecular formula is C12H13N5O4. The Morgan fingerprint density at radius 2 is 2.14 bits per heavy atom. The van der Waals surface area contributed by atoms with Crippen LogP contribution in [0.15, 0.2) is 30.3 Å². The summed E-state index contributed by atoms with van der Waals surface area (Å²) in [4.78, 5) is 18.6. The molecule has 110 valence electrons. The summed E-state index contributed by atoms with van der Waals surface area (Å²) >= 11 is 0. The summed E-state index contributed by atoms with van der Waals surface area (Å²) < 4.78 is 10.4. The van der Waals surface area contributed by atoms with Gasteiger partial charge in [0.2, 0.25) is 11.6 Å². The molecule has 9 heteroatoms. The predicted molar refractivity (Wildman–Crippen MR) is 73.7 cm³/mol. The minimum Gasteiger partial charge on any atom is -0.432 e. The van der Waals surface area contributed by atoms with Gasteiger partial charge >= 0.3 is 5.69 Å². The lowest BCUT2D eigenvalue weighted by molar-refractivity contribution is -0.385. The molecule has 0 aliphatic heterocycles. The zero-order valence-corrected chi connectivity index (χ0v) is 11.1. The van der Waals surface area contributed by atoms with Gasteiger partial charge in [-0.1, -0.05) is 12.1 Å². The minimum absolute atomic E-state index is 0.0764. The van der Waals surface area contributed by atoms with Crippen LogP contribution in [0, 0.1) is 10.1 Å². The van der Waals surface area contributed by atoms with Crippen LogP contribution in [0.2, 0.25) is 0 Å². The first-order valence-corrected chi connectivity index (χ1v) is 5.89. The fourth-order valence-corrected chi connectivity index (χ4v) is 1.60. The van der Waals surface area contributed by atoms with Crippen molar-refractivity contribution < 1.29 is 14.4 Å². The van der Waals surface area contributed by atoms with E-state index >= 15 is 0 Å². The third-order valence-electron chi connectivity index (χ3n) is 2.45. The number of hydrogen-bond acceptors (Lipinski definition) is 8. The van der Waals surface area contributed by atoms with Crippen LogP contribution in [0.5, 0.6) is 11.6 Å². The van der Waals surface area contributed by atoms with Crippen molar-refractivity contribution in [3.63, 3.8) is 0 Å². The van der Waals surface area contributed by atoms with Gasteiger partial charge in [0.25, 0.3) is 0 Å². The molecule has 9 nitrogen and oxygen atoms in total. The molecule has 2 aromatic rings. The average Bonchev–Trinajstić information content (AvgIpc) is 2.47. The van der Waals surface area contributed by atoms with Crippen molar-refractivity contribution in [2.24, 2.45) is 5.84 Å². The lowest BCUT2D eigenvalue weighted by Crippen LogP contribution is -2.11. The number of anilines is 1. The van der Waals surface area contributed by atoms with Gasteiger partial charge < -0.3 is 14.9 Å². The van der Waals surface area contributed by atoms with Crippen LogP contribution in [0.4, 0.5) is 11.5 Å². The van der Waals surface area contributed by atoms with E-state index in [9.17, 15) is 10.1 Å². The van der Waals surface area contributed by atoms with E-state index in [0.29, 0.717) is 11.6 Å².